The van der Waals surface area contributed by atoms with E-state index < -0.39 is 0 Å². The molecule has 0 fully saturated rings. The Bertz CT molecular complexity index is 191. The van der Waals surface area contributed by atoms with E-state index in [-0.39, 0.29) is 0 Å². The summed E-state index contributed by atoms with van der Waals surface area (Å²) < 4.78 is 1.02. The van der Waals surface area contributed by atoms with Gasteiger partial charge in [-0.2, -0.15) is 5.26 Å². The van der Waals surface area contributed by atoms with Crippen LogP contribution in [0.4, 0.5) is 0 Å². The number of halogens is 1. The Balaban J connectivity index is 4.44. The molecule has 1 nitrogen and oxygen atoms in total. The van der Waals surface area contributed by atoms with Crippen molar-refractivity contribution in [3.8, 4) is 6.07 Å². The smallest absolute Gasteiger partial charge is 0.107 e. The van der Waals surface area contributed by atoms with Crippen LogP contribution in [0.3, 0.4) is 0 Å². The highest BCUT2D eigenvalue weighted by atomic mass is 79.9. The molecule has 0 aliphatic rings. The lowest BCUT2D eigenvalue weighted by Crippen LogP contribution is -1.89. The van der Waals surface area contributed by atoms with Crippen LogP contribution in [0.25, 0.3) is 0 Å². The Labute approximate surface area is 81.0 Å². The second-order valence-corrected chi connectivity index (χ2v) is 4.51. The van der Waals surface area contributed by atoms with Gasteiger partial charge in [0.1, 0.15) is 6.07 Å². The van der Waals surface area contributed by atoms with E-state index in [0.29, 0.717) is 5.92 Å². The molecule has 0 saturated heterocycles. The summed E-state index contributed by atoms with van der Waals surface area (Å²) in [5.74, 6) is 1.36. The molecule has 0 spiro atoms. The molecule has 0 aliphatic carbocycles. The molecule has 3 heteroatoms. The molecule has 0 unspecified atom stereocenters. The summed E-state index contributed by atoms with van der Waals surface area (Å²) in [7, 11) is 0. The Morgan fingerprint density at radius 2 is 2.18 bits per heavy atom. The van der Waals surface area contributed by atoms with Crippen LogP contribution in [0, 0.1) is 17.2 Å². The van der Waals surface area contributed by atoms with Gasteiger partial charge in [0.2, 0.25) is 0 Å². The molecule has 0 aliphatic heterocycles. The average molecular weight is 234 g/mol. The lowest BCUT2D eigenvalue weighted by Gasteiger charge is -2.04. The number of nitrogens with zero attached hydrogens (tertiary/aromatic N) is 1. The van der Waals surface area contributed by atoms with Gasteiger partial charge in [-0.3, -0.25) is 0 Å². The van der Waals surface area contributed by atoms with Gasteiger partial charge in [0.05, 0.1) is 4.91 Å². The van der Waals surface area contributed by atoms with Gasteiger partial charge in [0.15, 0.2) is 0 Å². The Hall–Kier alpha value is 0.0600. The van der Waals surface area contributed by atoms with Crippen LogP contribution >= 0.6 is 27.7 Å². The Kier molecular flexibility index (Phi) is 5.71. The van der Waals surface area contributed by atoms with Crippen molar-refractivity contribution in [2.45, 2.75) is 20.8 Å². The predicted octanol–water partition coefficient (Wildman–Crippen LogP) is 3.53. The molecule has 0 saturated carbocycles. The number of allylic oxidation sites excluding steroid dienone is 2. The van der Waals surface area contributed by atoms with Crippen LogP contribution in [0.15, 0.2) is 9.39 Å². The summed E-state index contributed by atoms with van der Waals surface area (Å²) in [6.45, 7) is 6.18. The molecule has 0 heterocycles. The summed E-state index contributed by atoms with van der Waals surface area (Å²) in [5.41, 5.74) is 0. The maximum absolute atomic E-state index is 8.72. The molecule has 0 N–H and O–H groups in total. The third-order valence-corrected chi connectivity index (χ3v) is 3.58. The SMILES string of the molecule is CCSC(C#N)=C(Br)C(C)C. The van der Waals surface area contributed by atoms with Crippen molar-refractivity contribution < 1.29 is 0 Å². The van der Waals surface area contributed by atoms with Gasteiger partial charge in [0, 0.05) is 4.48 Å². The van der Waals surface area contributed by atoms with Crippen molar-refractivity contribution in [1.82, 2.24) is 0 Å². The first-order valence-electron chi connectivity index (χ1n) is 3.56. The van der Waals surface area contributed by atoms with Crippen molar-refractivity contribution >= 4 is 27.7 Å². The number of hydrogen-bond acceptors (Lipinski definition) is 2. The largest absolute Gasteiger partial charge is 0.192 e. The van der Waals surface area contributed by atoms with Crippen LogP contribution in [-0.2, 0) is 0 Å². The fourth-order valence-electron chi connectivity index (χ4n) is 0.561. The molecule has 0 radical (unpaired) electrons. The van der Waals surface area contributed by atoms with Crippen LogP contribution in [0.2, 0.25) is 0 Å². The van der Waals surface area contributed by atoms with Crippen LogP contribution in [-0.4, -0.2) is 5.75 Å². The molecule has 0 rings (SSSR count). The first-order valence-corrected chi connectivity index (χ1v) is 5.33. The maximum atomic E-state index is 8.72. The molecule has 11 heavy (non-hydrogen) atoms. The minimum atomic E-state index is 0.406. The van der Waals surface area contributed by atoms with Crippen LogP contribution in [0.1, 0.15) is 20.8 Å². The Morgan fingerprint density at radius 1 is 1.64 bits per heavy atom. The Morgan fingerprint density at radius 3 is 2.45 bits per heavy atom. The molecule has 62 valence electrons. The summed E-state index contributed by atoms with van der Waals surface area (Å²) in [4.78, 5) is 0.808. The van der Waals surface area contributed by atoms with E-state index in [1.807, 2.05) is 6.92 Å². The molecule has 0 bridgehead atoms. The molecular formula is C8H12BrNS. The topological polar surface area (TPSA) is 23.8 Å². The minimum absolute atomic E-state index is 0.406. The lowest BCUT2D eigenvalue weighted by molar-refractivity contribution is 0.819. The van der Waals surface area contributed by atoms with Gasteiger partial charge in [-0.05, 0) is 11.7 Å². The quantitative estimate of drug-likeness (QED) is 0.697. The predicted molar refractivity (Wildman–Crippen MR) is 54.5 cm³/mol. The first-order chi connectivity index (χ1) is 5.13. The fourth-order valence-corrected chi connectivity index (χ4v) is 1.72. The number of rotatable bonds is 3. The highest BCUT2D eigenvalue weighted by Crippen LogP contribution is 2.28. The van der Waals surface area contributed by atoms with Crippen molar-refractivity contribution in [3.05, 3.63) is 9.39 Å². The second-order valence-electron chi connectivity index (χ2n) is 2.38. The summed E-state index contributed by atoms with van der Waals surface area (Å²) in [6.07, 6.45) is 0. The van der Waals surface area contributed by atoms with E-state index in [1.54, 1.807) is 11.8 Å². The van der Waals surface area contributed by atoms with E-state index in [0.717, 1.165) is 15.1 Å². The van der Waals surface area contributed by atoms with Gasteiger partial charge in [-0.25, -0.2) is 0 Å². The third-order valence-electron chi connectivity index (χ3n) is 1.11. The summed E-state index contributed by atoms with van der Waals surface area (Å²) in [5, 5.41) is 8.72. The minimum Gasteiger partial charge on any atom is -0.192 e. The van der Waals surface area contributed by atoms with Gasteiger partial charge >= 0.3 is 0 Å². The molecule has 0 aromatic rings. The lowest BCUT2D eigenvalue weighted by atomic mass is 10.2. The molecular weight excluding hydrogens is 222 g/mol. The zero-order valence-corrected chi connectivity index (χ0v) is 9.42. The van der Waals surface area contributed by atoms with Crippen LogP contribution in [0.5, 0.6) is 0 Å². The molecule has 0 amide bonds. The number of nitriles is 1. The number of hydrogen-bond donors (Lipinski definition) is 0. The average Bonchev–Trinajstić information content (AvgIpc) is 1.98. The van der Waals surface area contributed by atoms with E-state index >= 15 is 0 Å². The maximum Gasteiger partial charge on any atom is 0.107 e. The monoisotopic (exact) mass is 233 g/mol. The van der Waals surface area contributed by atoms with Crippen molar-refractivity contribution in [2.24, 2.45) is 5.92 Å². The van der Waals surface area contributed by atoms with Gasteiger partial charge < -0.3 is 0 Å². The summed E-state index contributed by atoms with van der Waals surface area (Å²) >= 11 is 4.99. The normalized spacial score (nSPS) is 12.7. The molecule has 0 aromatic heterocycles. The molecule has 0 atom stereocenters. The zero-order valence-electron chi connectivity index (χ0n) is 7.02. The van der Waals surface area contributed by atoms with E-state index in [2.05, 4.69) is 35.8 Å². The first kappa shape index (κ1) is 11.1. The van der Waals surface area contributed by atoms with Gasteiger partial charge in [-0.1, -0.05) is 36.7 Å². The second kappa shape index (κ2) is 5.68. The van der Waals surface area contributed by atoms with Crippen molar-refractivity contribution in [2.75, 3.05) is 5.75 Å². The fraction of sp³-hybridized carbons (Fsp3) is 0.625. The van der Waals surface area contributed by atoms with E-state index in [4.69, 9.17) is 5.26 Å². The van der Waals surface area contributed by atoms with E-state index in [9.17, 15) is 0 Å². The van der Waals surface area contributed by atoms with Crippen LogP contribution < -0.4 is 0 Å². The number of thioether (sulfide) groups is 1. The van der Waals surface area contributed by atoms with E-state index in [1.165, 1.54) is 0 Å². The van der Waals surface area contributed by atoms with Crippen molar-refractivity contribution in [1.29, 1.82) is 5.26 Å². The van der Waals surface area contributed by atoms with Gasteiger partial charge in [-0.15, -0.1) is 11.8 Å². The van der Waals surface area contributed by atoms with Gasteiger partial charge in [0.25, 0.3) is 0 Å². The highest BCUT2D eigenvalue weighted by Gasteiger charge is 2.06. The highest BCUT2D eigenvalue weighted by molar-refractivity contribution is 9.11. The standard InChI is InChI=1S/C8H12BrNS/c1-4-11-7(5-10)8(9)6(2)3/h6H,4H2,1-3H3. The zero-order chi connectivity index (χ0) is 8.85. The third kappa shape index (κ3) is 3.83. The van der Waals surface area contributed by atoms with Crippen molar-refractivity contribution in [3.63, 3.8) is 0 Å². The summed E-state index contributed by atoms with van der Waals surface area (Å²) in [6, 6.07) is 2.18. The molecule has 0 aromatic carbocycles.